The molecule has 0 amide bonds. The third-order valence-electron chi connectivity index (χ3n) is 6.06. The molecule has 5 aliphatic heterocycles. The summed E-state index contributed by atoms with van der Waals surface area (Å²) in [5.41, 5.74) is 0. The van der Waals surface area contributed by atoms with E-state index in [2.05, 4.69) is 41.5 Å². The Morgan fingerprint density at radius 2 is 1.09 bits per heavy atom. The molecule has 0 spiro atoms. The molecule has 6 unspecified atom stereocenters. The molecule has 5 heterocycles. The fourth-order valence-electron chi connectivity index (χ4n) is 3.14. The van der Waals surface area contributed by atoms with E-state index in [9.17, 15) is 0 Å². The molecule has 6 atom stereocenters. The van der Waals surface area contributed by atoms with E-state index in [0.717, 1.165) is 26.4 Å². The minimum absolute atomic E-state index is 0.569. The third kappa shape index (κ3) is 19.3. The summed E-state index contributed by atoms with van der Waals surface area (Å²) in [5.74, 6) is 0. The average Bonchev–Trinajstić information content (AvgIpc) is 3.59. The SMILES string of the molecule is CCC1CCO1.CCC1CO1.CCCC1CO1.CCCC1OC1C.CCCCCC1CO1. The molecule has 192 valence electrons. The van der Waals surface area contributed by atoms with Crippen LogP contribution in [0, 0.1) is 0 Å². The van der Waals surface area contributed by atoms with Crippen LogP contribution in [0.5, 0.6) is 0 Å². The van der Waals surface area contributed by atoms with E-state index in [4.69, 9.17) is 23.7 Å². The molecule has 0 N–H and O–H groups in total. The predicted octanol–water partition coefficient (Wildman–Crippen LogP) is 6.71. The lowest BCUT2D eigenvalue weighted by Crippen LogP contribution is -2.25. The van der Waals surface area contributed by atoms with Gasteiger partial charge >= 0.3 is 0 Å². The summed E-state index contributed by atoms with van der Waals surface area (Å²) in [6.07, 6.45) is 17.8. The van der Waals surface area contributed by atoms with Crippen molar-refractivity contribution in [3.63, 3.8) is 0 Å². The quantitative estimate of drug-likeness (QED) is 0.269. The van der Waals surface area contributed by atoms with Gasteiger partial charge in [-0.3, -0.25) is 0 Å². The molecule has 5 saturated heterocycles. The van der Waals surface area contributed by atoms with E-state index in [-0.39, 0.29) is 0 Å². The van der Waals surface area contributed by atoms with E-state index in [1.54, 1.807) is 0 Å². The molecular weight excluding hydrogens is 404 g/mol. The van der Waals surface area contributed by atoms with Gasteiger partial charge in [0.05, 0.1) is 56.4 Å². The normalized spacial score (nSPS) is 32.1. The van der Waals surface area contributed by atoms with Gasteiger partial charge in [-0.15, -0.1) is 0 Å². The largest absolute Gasteiger partial charge is 0.378 e. The first-order valence-corrected chi connectivity index (χ1v) is 13.7. The second kappa shape index (κ2) is 19.1. The highest BCUT2D eigenvalue weighted by Gasteiger charge is 2.32. The van der Waals surface area contributed by atoms with Crippen LogP contribution in [0.1, 0.15) is 112 Å². The standard InChI is InChI=1S/C7H14O.C6H12O.2C5H10O.C4H8O/c1-2-3-4-5-7-6-8-7;1-3-4-6-5(2)7-6;1-2-5-3-4-6-5;1-2-3-5-4-6-5;1-2-4-3-5-4/h7H,2-6H2,1H3;5-6H,3-4H2,1-2H3;2*5H,2-4H2,1H3;4H,2-3H2,1H3. The number of hydrogen-bond acceptors (Lipinski definition) is 5. The lowest BCUT2D eigenvalue weighted by Gasteiger charge is -2.24. The lowest BCUT2D eigenvalue weighted by molar-refractivity contribution is -0.0516. The van der Waals surface area contributed by atoms with Gasteiger partial charge in [0.25, 0.3) is 0 Å². The van der Waals surface area contributed by atoms with Gasteiger partial charge in [-0.25, -0.2) is 0 Å². The Bertz CT molecular complexity index is 400. The Hall–Kier alpha value is -0.200. The maximum atomic E-state index is 5.16. The van der Waals surface area contributed by atoms with Gasteiger partial charge in [-0.1, -0.05) is 66.7 Å². The van der Waals surface area contributed by atoms with Crippen LogP contribution in [0.4, 0.5) is 0 Å². The Kier molecular flexibility index (Phi) is 17.8. The van der Waals surface area contributed by atoms with Crippen LogP contribution < -0.4 is 0 Å². The first kappa shape index (κ1) is 29.8. The van der Waals surface area contributed by atoms with Gasteiger partial charge in [0.2, 0.25) is 0 Å². The maximum Gasteiger partial charge on any atom is 0.0838 e. The Labute approximate surface area is 199 Å². The van der Waals surface area contributed by atoms with Crippen molar-refractivity contribution in [2.75, 3.05) is 26.4 Å². The molecule has 5 rings (SSSR count). The molecule has 5 aliphatic rings. The van der Waals surface area contributed by atoms with Crippen molar-refractivity contribution >= 4 is 0 Å². The highest BCUT2D eigenvalue weighted by Crippen LogP contribution is 2.24. The van der Waals surface area contributed by atoms with Crippen molar-refractivity contribution in [1.29, 1.82) is 0 Å². The number of hydrogen-bond donors (Lipinski definition) is 0. The second-order valence-electron chi connectivity index (χ2n) is 9.42. The molecule has 0 radical (unpaired) electrons. The first-order chi connectivity index (χ1) is 15.6. The minimum Gasteiger partial charge on any atom is -0.378 e. The molecule has 0 aromatic heterocycles. The van der Waals surface area contributed by atoms with Gasteiger partial charge in [-0.2, -0.15) is 0 Å². The summed E-state index contributed by atoms with van der Waals surface area (Å²) < 4.78 is 25.1. The number of ether oxygens (including phenoxy) is 5. The molecule has 0 aromatic carbocycles. The zero-order chi connectivity index (χ0) is 23.6. The molecule has 5 heteroatoms. The first-order valence-electron chi connectivity index (χ1n) is 13.7. The van der Waals surface area contributed by atoms with Crippen molar-refractivity contribution in [1.82, 2.24) is 0 Å². The van der Waals surface area contributed by atoms with Crippen molar-refractivity contribution in [3.05, 3.63) is 0 Å². The Balaban J connectivity index is 0.000000202. The fourth-order valence-corrected chi connectivity index (χ4v) is 3.14. The summed E-state index contributed by atoms with van der Waals surface area (Å²) in [5, 5.41) is 0. The summed E-state index contributed by atoms with van der Waals surface area (Å²) in [6.45, 7) is 17.1. The minimum atomic E-state index is 0.569. The highest BCUT2D eigenvalue weighted by atomic mass is 16.6. The lowest BCUT2D eigenvalue weighted by atomic mass is 10.1. The van der Waals surface area contributed by atoms with Crippen LogP contribution in [0.25, 0.3) is 0 Å². The number of epoxide rings is 4. The van der Waals surface area contributed by atoms with Gasteiger partial charge in [0, 0.05) is 6.61 Å². The molecule has 5 fully saturated rings. The summed E-state index contributed by atoms with van der Waals surface area (Å²) in [4.78, 5) is 0. The van der Waals surface area contributed by atoms with Gasteiger partial charge < -0.3 is 23.7 Å². The number of rotatable bonds is 10. The van der Waals surface area contributed by atoms with E-state index >= 15 is 0 Å². The zero-order valence-electron chi connectivity index (χ0n) is 22.1. The molecule has 32 heavy (non-hydrogen) atoms. The topological polar surface area (TPSA) is 59.4 Å². The van der Waals surface area contributed by atoms with Crippen LogP contribution in [0.15, 0.2) is 0 Å². The van der Waals surface area contributed by atoms with Gasteiger partial charge in [0.1, 0.15) is 0 Å². The van der Waals surface area contributed by atoms with Crippen LogP contribution >= 0.6 is 0 Å². The van der Waals surface area contributed by atoms with Crippen molar-refractivity contribution in [2.45, 2.75) is 149 Å². The monoisotopic (exact) mass is 458 g/mol. The predicted molar refractivity (Wildman–Crippen MR) is 132 cm³/mol. The third-order valence-corrected chi connectivity index (χ3v) is 6.06. The maximum absolute atomic E-state index is 5.16. The van der Waals surface area contributed by atoms with Crippen molar-refractivity contribution in [2.24, 2.45) is 0 Å². The van der Waals surface area contributed by atoms with Crippen LogP contribution in [0.3, 0.4) is 0 Å². The van der Waals surface area contributed by atoms with E-state index in [1.807, 2.05) is 0 Å². The van der Waals surface area contributed by atoms with Gasteiger partial charge in [0.15, 0.2) is 0 Å². The summed E-state index contributed by atoms with van der Waals surface area (Å²) in [6, 6.07) is 0. The summed E-state index contributed by atoms with van der Waals surface area (Å²) in [7, 11) is 0. The Morgan fingerprint density at radius 1 is 0.594 bits per heavy atom. The summed E-state index contributed by atoms with van der Waals surface area (Å²) >= 11 is 0. The van der Waals surface area contributed by atoms with Crippen LogP contribution in [-0.2, 0) is 23.7 Å². The van der Waals surface area contributed by atoms with E-state index in [0.29, 0.717) is 36.6 Å². The molecular formula is C27H54O5. The highest BCUT2D eigenvalue weighted by molar-refractivity contribution is 4.78. The van der Waals surface area contributed by atoms with Crippen molar-refractivity contribution in [3.8, 4) is 0 Å². The zero-order valence-corrected chi connectivity index (χ0v) is 22.1. The van der Waals surface area contributed by atoms with Crippen LogP contribution in [-0.4, -0.2) is 63.1 Å². The van der Waals surface area contributed by atoms with Gasteiger partial charge in [-0.05, 0) is 45.4 Å². The molecule has 0 saturated carbocycles. The number of unbranched alkanes of at least 4 members (excludes halogenated alkanes) is 2. The van der Waals surface area contributed by atoms with Crippen molar-refractivity contribution < 1.29 is 23.7 Å². The molecule has 0 aliphatic carbocycles. The fraction of sp³-hybridized carbons (Fsp3) is 1.00. The smallest absolute Gasteiger partial charge is 0.0838 e. The van der Waals surface area contributed by atoms with E-state index in [1.165, 1.54) is 70.6 Å². The average molecular weight is 459 g/mol. The van der Waals surface area contributed by atoms with E-state index < -0.39 is 0 Å². The molecule has 5 nitrogen and oxygen atoms in total. The molecule has 0 bridgehead atoms. The Morgan fingerprint density at radius 3 is 1.28 bits per heavy atom. The van der Waals surface area contributed by atoms with Crippen LogP contribution in [0.2, 0.25) is 0 Å². The second-order valence-corrected chi connectivity index (χ2v) is 9.42. The molecule has 0 aromatic rings.